The summed E-state index contributed by atoms with van der Waals surface area (Å²) in [7, 11) is 0. The zero-order chi connectivity index (χ0) is 13.0. The largest absolute Gasteiger partial charge is 0.477 e. The molecular formula is C14H20ClNO2. The maximum Gasteiger partial charge on any atom is 0.213 e. The van der Waals surface area contributed by atoms with E-state index in [9.17, 15) is 0 Å². The molecule has 0 spiro atoms. The van der Waals surface area contributed by atoms with Crippen molar-refractivity contribution in [1.82, 2.24) is 4.98 Å². The molecule has 4 heteroatoms. The maximum absolute atomic E-state index is 9.13. The number of aliphatic hydroxyl groups is 1. The Morgan fingerprint density at radius 3 is 3.06 bits per heavy atom. The van der Waals surface area contributed by atoms with Crippen LogP contribution in [0.1, 0.15) is 38.2 Å². The van der Waals surface area contributed by atoms with Crippen molar-refractivity contribution in [1.29, 1.82) is 0 Å². The Hall–Kier alpha value is -0.800. The number of hydrogen-bond donors (Lipinski definition) is 1. The van der Waals surface area contributed by atoms with Crippen molar-refractivity contribution in [3.8, 4) is 5.88 Å². The van der Waals surface area contributed by atoms with E-state index in [0.29, 0.717) is 29.0 Å². The molecule has 1 aliphatic rings. The summed E-state index contributed by atoms with van der Waals surface area (Å²) in [6.45, 7) is 2.93. The molecule has 3 nitrogen and oxygen atoms in total. The lowest BCUT2D eigenvalue weighted by atomic mass is 9.83. The molecule has 1 aliphatic carbocycles. The average Bonchev–Trinajstić information content (AvgIpc) is 2.38. The van der Waals surface area contributed by atoms with E-state index < -0.39 is 0 Å². The number of ether oxygens (including phenoxy) is 1. The first-order valence-electron chi connectivity index (χ1n) is 6.57. The molecular weight excluding hydrogens is 250 g/mol. The van der Waals surface area contributed by atoms with Crippen LogP contribution in [-0.2, 0) is 6.61 Å². The summed E-state index contributed by atoms with van der Waals surface area (Å²) in [4.78, 5) is 4.13. The minimum Gasteiger partial charge on any atom is -0.477 e. The second-order valence-electron chi connectivity index (χ2n) is 5.22. The average molecular weight is 270 g/mol. The Bertz CT molecular complexity index is 397. The highest BCUT2D eigenvalue weighted by atomic mass is 35.5. The Morgan fingerprint density at radius 1 is 1.50 bits per heavy atom. The number of rotatable bonds is 4. The van der Waals surface area contributed by atoms with Gasteiger partial charge in [-0.15, -0.1) is 0 Å². The molecule has 1 N–H and O–H groups in total. The van der Waals surface area contributed by atoms with Gasteiger partial charge in [0.25, 0.3) is 0 Å². The normalized spacial score (nSPS) is 23.9. The molecule has 0 amide bonds. The third kappa shape index (κ3) is 3.59. The van der Waals surface area contributed by atoms with Crippen LogP contribution in [0, 0.1) is 11.8 Å². The summed E-state index contributed by atoms with van der Waals surface area (Å²) in [6, 6.07) is 1.72. The fraction of sp³-hybridized carbons (Fsp3) is 0.643. The van der Waals surface area contributed by atoms with Gasteiger partial charge in [0.15, 0.2) is 0 Å². The number of halogens is 1. The fourth-order valence-electron chi connectivity index (χ4n) is 2.57. The van der Waals surface area contributed by atoms with E-state index >= 15 is 0 Å². The Morgan fingerprint density at radius 2 is 2.33 bits per heavy atom. The molecule has 2 unspecified atom stereocenters. The monoisotopic (exact) mass is 269 g/mol. The van der Waals surface area contributed by atoms with Gasteiger partial charge in [0, 0.05) is 17.8 Å². The van der Waals surface area contributed by atoms with E-state index in [0.717, 1.165) is 5.92 Å². The van der Waals surface area contributed by atoms with E-state index in [-0.39, 0.29) is 6.61 Å². The van der Waals surface area contributed by atoms with Crippen LogP contribution in [0.4, 0.5) is 0 Å². The first-order chi connectivity index (χ1) is 8.69. The third-order valence-corrected chi connectivity index (χ3v) is 3.93. The summed E-state index contributed by atoms with van der Waals surface area (Å²) in [5, 5.41) is 9.61. The minimum atomic E-state index is -0.0851. The number of aromatic nitrogens is 1. The summed E-state index contributed by atoms with van der Waals surface area (Å²) < 4.78 is 5.71. The number of hydrogen-bond acceptors (Lipinski definition) is 3. The molecule has 0 aromatic carbocycles. The maximum atomic E-state index is 9.13. The van der Waals surface area contributed by atoms with Gasteiger partial charge in [0.1, 0.15) is 0 Å². The zero-order valence-corrected chi connectivity index (χ0v) is 11.5. The lowest BCUT2D eigenvalue weighted by Gasteiger charge is -2.26. The molecule has 2 atom stereocenters. The summed E-state index contributed by atoms with van der Waals surface area (Å²) >= 11 is 5.89. The van der Waals surface area contributed by atoms with Crippen LogP contribution in [-0.4, -0.2) is 16.7 Å². The van der Waals surface area contributed by atoms with Crippen LogP contribution in [0.15, 0.2) is 12.3 Å². The highest BCUT2D eigenvalue weighted by Gasteiger charge is 2.19. The zero-order valence-electron chi connectivity index (χ0n) is 10.7. The van der Waals surface area contributed by atoms with E-state index in [1.165, 1.54) is 31.9 Å². The van der Waals surface area contributed by atoms with Gasteiger partial charge < -0.3 is 9.84 Å². The molecule has 1 aromatic rings. The molecule has 1 saturated carbocycles. The van der Waals surface area contributed by atoms with Crippen molar-refractivity contribution in [2.24, 2.45) is 11.8 Å². The highest BCUT2D eigenvalue weighted by molar-refractivity contribution is 6.31. The second kappa shape index (κ2) is 6.39. The fourth-order valence-corrected chi connectivity index (χ4v) is 2.74. The predicted octanol–water partition coefficient (Wildman–Crippen LogP) is 3.43. The molecule has 0 bridgehead atoms. The van der Waals surface area contributed by atoms with E-state index in [4.69, 9.17) is 21.4 Å². The predicted molar refractivity (Wildman–Crippen MR) is 71.8 cm³/mol. The Balaban J connectivity index is 1.89. The Labute approximate surface area is 113 Å². The van der Waals surface area contributed by atoms with E-state index in [1.807, 2.05) is 0 Å². The lowest BCUT2D eigenvalue weighted by molar-refractivity contribution is 0.177. The molecule has 1 aromatic heterocycles. The van der Waals surface area contributed by atoms with Crippen molar-refractivity contribution in [2.45, 2.75) is 39.2 Å². The van der Waals surface area contributed by atoms with Gasteiger partial charge in [0.2, 0.25) is 5.88 Å². The van der Waals surface area contributed by atoms with Crippen LogP contribution in [0.25, 0.3) is 0 Å². The smallest absolute Gasteiger partial charge is 0.213 e. The van der Waals surface area contributed by atoms with Gasteiger partial charge in [-0.3, -0.25) is 0 Å². The number of pyridine rings is 1. The van der Waals surface area contributed by atoms with Crippen LogP contribution >= 0.6 is 11.6 Å². The topological polar surface area (TPSA) is 42.4 Å². The van der Waals surface area contributed by atoms with Crippen LogP contribution in [0.5, 0.6) is 5.88 Å². The van der Waals surface area contributed by atoms with Gasteiger partial charge >= 0.3 is 0 Å². The van der Waals surface area contributed by atoms with Gasteiger partial charge in [-0.25, -0.2) is 4.98 Å². The molecule has 1 heterocycles. The SMILES string of the molecule is CC1CCCC(COc2cc(CO)c(Cl)cn2)C1. The molecule has 0 radical (unpaired) electrons. The first kappa shape index (κ1) is 13.6. The van der Waals surface area contributed by atoms with Crippen molar-refractivity contribution in [3.05, 3.63) is 22.8 Å². The quantitative estimate of drug-likeness (QED) is 0.911. The highest BCUT2D eigenvalue weighted by Crippen LogP contribution is 2.29. The van der Waals surface area contributed by atoms with Crippen LogP contribution in [0.2, 0.25) is 5.02 Å². The Kier molecular flexibility index (Phi) is 4.84. The molecule has 18 heavy (non-hydrogen) atoms. The van der Waals surface area contributed by atoms with Crippen molar-refractivity contribution >= 4 is 11.6 Å². The molecule has 1 fully saturated rings. The van der Waals surface area contributed by atoms with Gasteiger partial charge in [-0.2, -0.15) is 0 Å². The molecule has 100 valence electrons. The number of nitrogens with zero attached hydrogens (tertiary/aromatic N) is 1. The van der Waals surface area contributed by atoms with Crippen LogP contribution in [0.3, 0.4) is 0 Å². The van der Waals surface area contributed by atoms with Gasteiger partial charge in [0.05, 0.1) is 18.2 Å². The molecule has 2 rings (SSSR count). The van der Waals surface area contributed by atoms with Gasteiger partial charge in [-0.05, 0) is 24.7 Å². The lowest BCUT2D eigenvalue weighted by Crippen LogP contribution is -2.20. The van der Waals surface area contributed by atoms with Crippen molar-refractivity contribution < 1.29 is 9.84 Å². The molecule has 0 saturated heterocycles. The van der Waals surface area contributed by atoms with E-state index in [2.05, 4.69) is 11.9 Å². The standard InChI is InChI=1S/C14H20ClNO2/c1-10-3-2-4-11(5-10)9-18-14-6-12(8-17)13(15)7-16-14/h6-7,10-11,17H,2-5,8-9H2,1H3. The van der Waals surface area contributed by atoms with Crippen molar-refractivity contribution in [3.63, 3.8) is 0 Å². The van der Waals surface area contributed by atoms with Gasteiger partial charge in [-0.1, -0.05) is 31.4 Å². The summed E-state index contributed by atoms with van der Waals surface area (Å²) in [5.41, 5.74) is 0.665. The summed E-state index contributed by atoms with van der Waals surface area (Å²) in [6.07, 6.45) is 6.65. The van der Waals surface area contributed by atoms with Crippen molar-refractivity contribution in [2.75, 3.05) is 6.61 Å². The van der Waals surface area contributed by atoms with E-state index in [1.54, 1.807) is 6.07 Å². The third-order valence-electron chi connectivity index (χ3n) is 3.59. The van der Waals surface area contributed by atoms with Crippen LogP contribution < -0.4 is 4.74 Å². The second-order valence-corrected chi connectivity index (χ2v) is 5.63. The number of aliphatic hydroxyl groups excluding tert-OH is 1. The first-order valence-corrected chi connectivity index (χ1v) is 6.95. The summed E-state index contributed by atoms with van der Waals surface area (Å²) in [5.74, 6) is 1.99. The minimum absolute atomic E-state index is 0.0851. The molecule has 0 aliphatic heterocycles.